The monoisotopic (exact) mass is 379 g/mol. The third-order valence-electron chi connectivity index (χ3n) is 4.78. The molecule has 144 valence electrons. The van der Waals surface area contributed by atoms with Crippen molar-refractivity contribution in [3.05, 3.63) is 36.0 Å². The molecule has 1 atom stereocenters. The van der Waals surface area contributed by atoms with Gasteiger partial charge < -0.3 is 19.3 Å². The van der Waals surface area contributed by atoms with Crippen molar-refractivity contribution >= 4 is 5.91 Å². The highest BCUT2D eigenvalue weighted by Crippen LogP contribution is 2.39. The molecular formula is C18H19F2N3O4. The van der Waals surface area contributed by atoms with Gasteiger partial charge in [0.2, 0.25) is 17.9 Å². The summed E-state index contributed by atoms with van der Waals surface area (Å²) in [5, 5.41) is 6.54. The molecule has 1 fully saturated rings. The van der Waals surface area contributed by atoms with Gasteiger partial charge in [0.1, 0.15) is 6.61 Å². The van der Waals surface area contributed by atoms with Crippen LogP contribution in [-0.2, 0) is 11.3 Å². The first-order valence-electron chi connectivity index (χ1n) is 8.87. The number of para-hydroxylation sites is 2. The van der Waals surface area contributed by atoms with Crippen LogP contribution in [0.3, 0.4) is 0 Å². The average molecular weight is 379 g/mol. The van der Waals surface area contributed by atoms with E-state index < -0.39 is 12.0 Å². The van der Waals surface area contributed by atoms with Crippen molar-refractivity contribution in [1.82, 2.24) is 15.5 Å². The Kier molecular flexibility index (Phi) is 4.67. The van der Waals surface area contributed by atoms with Crippen LogP contribution in [0.5, 0.6) is 11.5 Å². The second kappa shape index (κ2) is 7.13. The van der Waals surface area contributed by atoms with Crippen LogP contribution in [0.1, 0.15) is 43.3 Å². The second-order valence-electron chi connectivity index (χ2n) is 6.76. The molecule has 27 heavy (non-hydrogen) atoms. The number of carbonyl (C=O) groups excluding carboxylic acids is 1. The van der Waals surface area contributed by atoms with E-state index in [2.05, 4.69) is 15.5 Å². The van der Waals surface area contributed by atoms with Crippen molar-refractivity contribution in [2.75, 3.05) is 6.61 Å². The number of halogens is 2. The summed E-state index contributed by atoms with van der Waals surface area (Å²) in [7, 11) is 0. The average Bonchev–Trinajstić information content (AvgIpc) is 3.14. The summed E-state index contributed by atoms with van der Waals surface area (Å²) in [4.78, 5) is 16.5. The maximum Gasteiger partial charge on any atom is 0.265 e. The molecule has 7 nitrogen and oxygen atoms in total. The van der Waals surface area contributed by atoms with Crippen LogP contribution >= 0.6 is 0 Å². The number of nitrogens with one attached hydrogen (secondary N) is 1. The minimum absolute atomic E-state index is 0.0379. The third kappa shape index (κ3) is 4.01. The number of amides is 1. The molecule has 0 bridgehead atoms. The number of hydrogen-bond acceptors (Lipinski definition) is 6. The van der Waals surface area contributed by atoms with Crippen molar-refractivity contribution in [2.24, 2.45) is 0 Å². The number of carbonyl (C=O) groups is 1. The van der Waals surface area contributed by atoms with Gasteiger partial charge in [-0.15, -0.1) is 0 Å². The standard InChI is InChI=1S/C18H19F2N3O4/c19-18(20)7-5-11(6-8-18)16-22-15(27-23-16)9-21-17(24)14-10-25-12-3-1-2-4-13(12)26-14/h1-4,11,14H,5-10H2,(H,21,24)/t14-/m0/s1. The quantitative estimate of drug-likeness (QED) is 0.879. The molecule has 4 rings (SSSR count). The summed E-state index contributed by atoms with van der Waals surface area (Å²) in [6.45, 7) is 0.143. The SMILES string of the molecule is O=C(NCc1nc(C2CCC(F)(F)CC2)no1)[C@@H]1COc2ccccc2O1. The van der Waals surface area contributed by atoms with Crippen molar-refractivity contribution in [3.63, 3.8) is 0 Å². The van der Waals surface area contributed by atoms with Gasteiger partial charge >= 0.3 is 0 Å². The number of rotatable bonds is 4. The van der Waals surface area contributed by atoms with Gasteiger partial charge in [-0.05, 0) is 25.0 Å². The van der Waals surface area contributed by atoms with Crippen molar-refractivity contribution in [2.45, 2.75) is 50.2 Å². The third-order valence-corrected chi connectivity index (χ3v) is 4.78. The highest BCUT2D eigenvalue weighted by atomic mass is 19.3. The van der Waals surface area contributed by atoms with Gasteiger partial charge in [0.25, 0.3) is 5.91 Å². The van der Waals surface area contributed by atoms with E-state index in [1.165, 1.54) is 0 Å². The maximum absolute atomic E-state index is 13.2. The van der Waals surface area contributed by atoms with Crippen LogP contribution in [0.15, 0.2) is 28.8 Å². The highest BCUT2D eigenvalue weighted by molar-refractivity contribution is 5.81. The fourth-order valence-corrected chi connectivity index (χ4v) is 3.23. The Labute approximate surface area is 154 Å². The summed E-state index contributed by atoms with van der Waals surface area (Å²) < 4.78 is 42.8. The molecule has 1 aromatic heterocycles. The lowest BCUT2D eigenvalue weighted by molar-refractivity contribution is -0.130. The molecule has 1 amide bonds. The Hall–Kier alpha value is -2.71. The van der Waals surface area contributed by atoms with E-state index in [1.54, 1.807) is 18.2 Å². The topological polar surface area (TPSA) is 86.5 Å². The van der Waals surface area contributed by atoms with E-state index in [0.29, 0.717) is 30.2 Å². The van der Waals surface area contributed by atoms with Crippen molar-refractivity contribution in [1.29, 1.82) is 0 Å². The van der Waals surface area contributed by atoms with E-state index in [-0.39, 0.29) is 43.7 Å². The van der Waals surface area contributed by atoms with Gasteiger partial charge in [0.15, 0.2) is 17.3 Å². The Morgan fingerprint density at radius 2 is 1.96 bits per heavy atom. The van der Waals surface area contributed by atoms with Gasteiger partial charge in [-0.1, -0.05) is 17.3 Å². The van der Waals surface area contributed by atoms with E-state index in [1.807, 2.05) is 6.07 Å². The van der Waals surface area contributed by atoms with Crippen LogP contribution in [0.25, 0.3) is 0 Å². The van der Waals surface area contributed by atoms with Gasteiger partial charge in [-0.3, -0.25) is 4.79 Å². The second-order valence-corrected chi connectivity index (χ2v) is 6.76. The minimum Gasteiger partial charge on any atom is -0.485 e. The zero-order valence-electron chi connectivity index (χ0n) is 14.5. The molecule has 0 saturated heterocycles. The molecule has 2 aliphatic rings. The zero-order valence-corrected chi connectivity index (χ0v) is 14.5. The number of alkyl halides is 2. The molecule has 1 N–H and O–H groups in total. The first-order chi connectivity index (χ1) is 13.0. The van der Waals surface area contributed by atoms with Gasteiger partial charge in [-0.2, -0.15) is 4.98 Å². The van der Waals surface area contributed by atoms with Gasteiger partial charge in [0.05, 0.1) is 6.54 Å². The molecule has 1 aliphatic heterocycles. The zero-order chi connectivity index (χ0) is 18.9. The van der Waals surface area contributed by atoms with Crippen LogP contribution in [-0.4, -0.2) is 34.7 Å². The molecule has 1 aliphatic carbocycles. The number of benzene rings is 1. The van der Waals surface area contributed by atoms with Crippen molar-refractivity contribution < 1.29 is 27.6 Å². The summed E-state index contributed by atoms with van der Waals surface area (Å²) in [5.41, 5.74) is 0. The molecule has 0 radical (unpaired) electrons. The van der Waals surface area contributed by atoms with Crippen LogP contribution in [0.4, 0.5) is 8.78 Å². The van der Waals surface area contributed by atoms with Gasteiger partial charge in [-0.25, -0.2) is 8.78 Å². The Balaban J connectivity index is 1.30. The number of fused-ring (bicyclic) bond motifs is 1. The molecule has 2 heterocycles. The molecule has 0 spiro atoms. The molecular weight excluding hydrogens is 360 g/mol. The largest absolute Gasteiger partial charge is 0.485 e. The first-order valence-corrected chi connectivity index (χ1v) is 8.87. The summed E-state index contributed by atoms with van der Waals surface area (Å²) in [5.74, 6) is -1.34. The van der Waals surface area contributed by atoms with Crippen LogP contribution < -0.4 is 14.8 Å². The first kappa shape index (κ1) is 17.7. The molecule has 2 aromatic rings. The number of nitrogens with zero attached hydrogens (tertiary/aromatic N) is 2. The Bertz CT molecular complexity index is 816. The lowest BCUT2D eigenvalue weighted by Gasteiger charge is -2.26. The fraction of sp³-hybridized carbons (Fsp3) is 0.500. The smallest absolute Gasteiger partial charge is 0.265 e. The highest BCUT2D eigenvalue weighted by Gasteiger charge is 2.37. The van der Waals surface area contributed by atoms with Crippen LogP contribution in [0, 0.1) is 0 Å². The van der Waals surface area contributed by atoms with Crippen molar-refractivity contribution in [3.8, 4) is 11.5 Å². The minimum atomic E-state index is -2.60. The molecule has 9 heteroatoms. The van der Waals surface area contributed by atoms with E-state index in [9.17, 15) is 13.6 Å². The normalized spacial score (nSPS) is 21.6. The maximum atomic E-state index is 13.2. The van der Waals surface area contributed by atoms with Crippen LogP contribution in [0.2, 0.25) is 0 Å². The molecule has 1 aromatic carbocycles. The number of hydrogen-bond donors (Lipinski definition) is 1. The predicted octanol–water partition coefficient (Wildman–Crippen LogP) is 2.82. The van der Waals surface area contributed by atoms with Gasteiger partial charge in [0, 0.05) is 18.8 Å². The van der Waals surface area contributed by atoms with E-state index >= 15 is 0 Å². The summed E-state index contributed by atoms with van der Waals surface area (Å²) >= 11 is 0. The van der Waals surface area contributed by atoms with E-state index in [4.69, 9.17) is 14.0 Å². The fourth-order valence-electron chi connectivity index (χ4n) is 3.23. The molecule has 1 saturated carbocycles. The Morgan fingerprint density at radius 1 is 1.22 bits per heavy atom. The number of aromatic nitrogens is 2. The number of ether oxygens (including phenoxy) is 2. The molecule has 0 unspecified atom stereocenters. The predicted molar refractivity (Wildman–Crippen MR) is 88.7 cm³/mol. The summed E-state index contributed by atoms with van der Waals surface area (Å²) in [6.07, 6.45) is -0.462. The Morgan fingerprint density at radius 3 is 2.74 bits per heavy atom. The lowest BCUT2D eigenvalue weighted by Crippen LogP contribution is -2.43. The lowest BCUT2D eigenvalue weighted by atomic mass is 9.86. The summed E-state index contributed by atoms with van der Waals surface area (Å²) in [6, 6.07) is 7.12. The van der Waals surface area contributed by atoms with E-state index in [0.717, 1.165) is 0 Å².